The number of benzene rings is 24. The van der Waals surface area contributed by atoms with Crippen molar-refractivity contribution in [2.75, 3.05) is 29.4 Å². The molecule has 0 bridgehead atoms. The van der Waals surface area contributed by atoms with Crippen molar-refractivity contribution in [3.8, 4) is 12.1 Å². The Hall–Kier alpha value is -18.2. The van der Waals surface area contributed by atoms with Crippen LogP contribution in [0.3, 0.4) is 0 Å². The molecule has 0 amide bonds. The Labute approximate surface area is 856 Å². The normalized spacial score (nSPS) is 11.6. The van der Waals surface area contributed by atoms with E-state index in [4.69, 9.17) is 13.1 Å². The van der Waals surface area contributed by atoms with Crippen molar-refractivity contribution in [3.63, 3.8) is 0 Å². The van der Waals surface area contributed by atoms with E-state index in [0.29, 0.717) is 22.5 Å². The molecule has 0 fully saturated rings. The van der Waals surface area contributed by atoms with Crippen LogP contribution in [0.2, 0.25) is 58.9 Å². The van der Waals surface area contributed by atoms with Gasteiger partial charge in [0.2, 0.25) is 11.4 Å². The summed E-state index contributed by atoms with van der Waals surface area (Å²) in [5.74, 6) is 0. The first-order chi connectivity index (χ1) is 71.2. The third kappa shape index (κ3) is 17.2. The van der Waals surface area contributed by atoms with Gasteiger partial charge in [-0.3, -0.25) is 0 Å². The molecular weight excluding hydrogens is 1820 g/mol. The summed E-state index contributed by atoms with van der Waals surface area (Å²) in [6.07, 6.45) is 0. The molecular formula is C133H104N10Si3. The second-order valence-electron chi connectivity index (χ2n) is 40.3. The molecule has 0 aliphatic heterocycles. The number of hydrogen-bond donors (Lipinski definition) is 0. The van der Waals surface area contributed by atoms with Gasteiger partial charge in [-0.15, -0.1) is 0 Å². The minimum absolute atomic E-state index is 0.594. The number of nitriles is 2. The first-order valence-corrected chi connectivity index (χ1v) is 60.1. The first-order valence-electron chi connectivity index (χ1n) is 49.6. The summed E-state index contributed by atoms with van der Waals surface area (Å²) in [5.41, 5.74) is 20.8. The molecule has 146 heavy (non-hydrogen) atoms. The molecule has 0 aliphatic rings. The Bertz CT molecular complexity index is 9140. The lowest BCUT2D eigenvalue weighted by atomic mass is 9.91. The Kier molecular flexibility index (Phi) is 24.6. The predicted octanol–water partition coefficient (Wildman–Crippen LogP) is 37.1. The quantitative estimate of drug-likeness (QED) is 0.0400. The second-order valence-corrected chi connectivity index (χ2v) is 55.5. The lowest BCUT2D eigenvalue weighted by molar-refractivity contribution is 1.28. The van der Waals surface area contributed by atoms with E-state index in [1.807, 2.05) is 115 Å². The fourth-order valence-electron chi connectivity index (χ4n) is 21.2. The SMILES string of the molecule is C[Si](C)(C)c1ccc(N(c2ccccc2C#N)c2ccc3ccc4c(N(c5ccccc5)c5ccccc5)ccc5ccc2c3c54)cc1.[C-]#[N+]c1ccccc1N(c1ccccc1)c1ccc2ccc3c(N(c4ccc([Si](C)(C)C)cc4)c4ccccc4C#N)ccc4ccc1c2c43.[C-]#[N+]c1ccccc1N(c1ccccc1)c1ccc2ccc3c(N(c4ccccc4)c4ccc([Si](C)(C)C)cc4)ccc4ccc1c2c43. The standard InChI is InChI=1S/C45H34N4Si.2C44H35N3Si/c1-47-39-15-9-11-17-43(39)49(34-13-6-5-7-14-34)42-29-21-32-18-26-37-41(28-20-31-19-27-38(42)45(32)44(31)37)48(40-16-10-8-12-33(40)30-46)35-22-24-36(25-23-35)50(2,3)4;1-45-39-17-11-12-18-42(39)47(34-15-9-6-10-16-34)41-30-22-32-19-27-37-40(29-21-31-20-28-38(41)44(32)43(31)37)46(33-13-7-5-8-14-33)35-23-25-36(26-24-35)48(2,3)4;1-48(2,3)37-24-22-36(23-25-37)47(40-17-11-10-12-33(40)30-45)42-29-21-32-18-26-38-41(28-20-31-19-27-39(42)44(32)43(31)38)46(34-13-6-4-7-14-34)35-15-8-5-9-16-35/h5-29H,2-4H3;5-30H,2-4H3;4-29H,1-3H3. The van der Waals surface area contributed by atoms with Crippen LogP contribution in [0.5, 0.6) is 0 Å². The lowest BCUT2D eigenvalue weighted by Gasteiger charge is -2.30. The number of anilines is 18. The van der Waals surface area contributed by atoms with Gasteiger partial charge in [-0.05, 0) is 234 Å². The smallest absolute Gasteiger partial charge is 0.210 e. The molecule has 0 N–H and O–H groups in total. The lowest BCUT2D eigenvalue weighted by Crippen LogP contribution is -2.37. The number of hydrogen-bond acceptors (Lipinski definition) is 8. The predicted molar refractivity (Wildman–Crippen MR) is 629 cm³/mol. The van der Waals surface area contributed by atoms with Crippen LogP contribution < -0.4 is 45.0 Å². The van der Waals surface area contributed by atoms with Crippen molar-refractivity contribution in [1.82, 2.24) is 0 Å². The summed E-state index contributed by atoms with van der Waals surface area (Å²) in [4.78, 5) is 21.5. The summed E-state index contributed by atoms with van der Waals surface area (Å²) < 4.78 is 0. The summed E-state index contributed by atoms with van der Waals surface area (Å²) in [6.45, 7) is 37.3. The molecule has 10 nitrogen and oxygen atoms in total. The number of para-hydroxylation sites is 11. The summed E-state index contributed by atoms with van der Waals surface area (Å²) in [6, 6.07) is 170. The van der Waals surface area contributed by atoms with Crippen LogP contribution in [0, 0.1) is 35.8 Å². The van der Waals surface area contributed by atoms with Crippen LogP contribution in [-0.2, 0) is 0 Å². The number of nitrogens with zero attached hydrogens (tertiary/aromatic N) is 10. The molecule has 0 saturated carbocycles. The van der Waals surface area contributed by atoms with Crippen LogP contribution in [0.15, 0.2) is 467 Å². The molecule has 24 aromatic rings. The van der Waals surface area contributed by atoms with Gasteiger partial charge in [0.1, 0.15) is 12.1 Å². The molecule has 24 aromatic carbocycles. The van der Waals surface area contributed by atoms with Gasteiger partial charge in [0, 0.05) is 77.8 Å². The maximum absolute atomic E-state index is 10.3. The first kappa shape index (κ1) is 92.8. The van der Waals surface area contributed by atoms with Crippen molar-refractivity contribution >= 4 is 250 Å². The molecule has 0 aliphatic carbocycles. The molecule has 0 radical (unpaired) electrons. The molecule has 0 aromatic heterocycles. The summed E-state index contributed by atoms with van der Waals surface area (Å²) in [7, 11) is -4.46. The average Bonchev–Trinajstić information content (AvgIpc) is 0.746. The van der Waals surface area contributed by atoms with Crippen LogP contribution in [-0.4, -0.2) is 24.2 Å². The summed E-state index contributed by atoms with van der Waals surface area (Å²) in [5, 5.41) is 46.0. The van der Waals surface area contributed by atoms with Gasteiger partial charge in [-0.25, -0.2) is 9.69 Å². The molecule has 24 rings (SSSR count). The van der Waals surface area contributed by atoms with E-state index in [1.54, 1.807) is 0 Å². The molecule has 0 spiro atoms. The van der Waals surface area contributed by atoms with Crippen molar-refractivity contribution < 1.29 is 0 Å². The van der Waals surface area contributed by atoms with Crippen molar-refractivity contribution in [2.45, 2.75) is 58.9 Å². The minimum Gasteiger partial charge on any atom is -0.320 e. The van der Waals surface area contributed by atoms with Crippen LogP contribution in [0.1, 0.15) is 11.1 Å². The van der Waals surface area contributed by atoms with Crippen molar-refractivity contribution in [2.24, 2.45) is 0 Å². The van der Waals surface area contributed by atoms with Gasteiger partial charge in [0.15, 0.2) is 0 Å². The molecule has 0 unspecified atom stereocenters. The number of rotatable bonds is 21. The highest BCUT2D eigenvalue weighted by Gasteiger charge is 2.31. The van der Waals surface area contributed by atoms with Gasteiger partial charge in [0.25, 0.3) is 0 Å². The third-order valence-electron chi connectivity index (χ3n) is 28.4. The van der Waals surface area contributed by atoms with Crippen molar-refractivity contribution in [3.05, 3.63) is 501 Å². The maximum atomic E-state index is 10.3. The highest BCUT2D eigenvalue weighted by atomic mass is 28.3. The Morgan fingerprint density at radius 2 is 0.356 bits per heavy atom. The Morgan fingerprint density at radius 1 is 0.178 bits per heavy atom. The summed E-state index contributed by atoms with van der Waals surface area (Å²) >= 11 is 0. The highest BCUT2D eigenvalue weighted by Crippen LogP contribution is 2.55. The van der Waals surface area contributed by atoms with E-state index < -0.39 is 24.2 Å². The van der Waals surface area contributed by atoms with E-state index in [2.05, 4.69) is 462 Å². The Morgan fingerprint density at radius 3 is 0.582 bits per heavy atom. The monoisotopic (exact) mass is 1920 g/mol. The van der Waals surface area contributed by atoms with E-state index in [1.165, 1.54) is 80.2 Å². The van der Waals surface area contributed by atoms with Gasteiger partial charge < -0.3 is 29.4 Å². The van der Waals surface area contributed by atoms with Gasteiger partial charge in [0.05, 0.1) is 105 Å². The Balaban J connectivity index is 0.000000125. The van der Waals surface area contributed by atoms with E-state index in [9.17, 15) is 10.5 Å². The third-order valence-corrected chi connectivity index (χ3v) is 34.6. The highest BCUT2D eigenvalue weighted by molar-refractivity contribution is 6.89. The zero-order valence-electron chi connectivity index (χ0n) is 82.9. The molecule has 698 valence electrons. The van der Waals surface area contributed by atoms with Gasteiger partial charge >= 0.3 is 0 Å². The fourth-order valence-corrected chi connectivity index (χ4v) is 24.7. The fraction of sp³-hybridized carbons (Fsp3) is 0.0677. The second kappa shape index (κ2) is 38.7. The van der Waals surface area contributed by atoms with E-state index in [0.717, 1.165) is 135 Å². The molecule has 13 heteroatoms. The van der Waals surface area contributed by atoms with E-state index >= 15 is 0 Å². The van der Waals surface area contributed by atoms with Gasteiger partial charge in [-0.1, -0.05) is 372 Å². The zero-order valence-corrected chi connectivity index (χ0v) is 85.9. The molecule has 0 saturated heterocycles. The average molecular weight is 1930 g/mol. The van der Waals surface area contributed by atoms with Gasteiger partial charge in [-0.2, -0.15) is 10.5 Å². The molecule has 0 heterocycles. The largest absolute Gasteiger partial charge is 0.320 e. The topological polar surface area (TPSA) is 75.7 Å². The maximum Gasteiger partial charge on any atom is 0.210 e. The zero-order chi connectivity index (χ0) is 100. The molecule has 0 atom stereocenters. The van der Waals surface area contributed by atoms with Crippen molar-refractivity contribution in [1.29, 1.82) is 10.5 Å². The minimum atomic E-state index is -1.52. The van der Waals surface area contributed by atoms with Crippen LogP contribution in [0.25, 0.3) is 107 Å². The van der Waals surface area contributed by atoms with Crippen LogP contribution in [0.4, 0.5) is 114 Å². The van der Waals surface area contributed by atoms with Crippen LogP contribution >= 0.6 is 0 Å². The van der Waals surface area contributed by atoms with E-state index in [-0.39, 0.29) is 0 Å².